The standard InChI is InChI=1S/C19H26N2O5/c1-18(2,3)25-16(22)12-21(17(23)26-19(4,5)6)14-10-13(11-20)8-9-15(14)24-7/h8-10H,12H2,1-7H3. The first-order valence-corrected chi connectivity index (χ1v) is 8.17. The maximum Gasteiger partial charge on any atom is 0.415 e. The quantitative estimate of drug-likeness (QED) is 0.760. The van der Waals surface area contributed by atoms with Gasteiger partial charge >= 0.3 is 12.1 Å². The first kappa shape index (κ1) is 21.3. The van der Waals surface area contributed by atoms with Crippen LogP contribution in [0, 0.1) is 11.3 Å². The summed E-state index contributed by atoms with van der Waals surface area (Å²) >= 11 is 0. The van der Waals surface area contributed by atoms with E-state index in [1.165, 1.54) is 13.2 Å². The Kier molecular flexibility index (Phi) is 6.62. The molecule has 0 atom stereocenters. The normalized spacial score (nSPS) is 11.3. The SMILES string of the molecule is COc1ccc(C#N)cc1N(CC(=O)OC(C)(C)C)C(=O)OC(C)(C)C. The number of rotatable bonds is 4. The minimum atomic E-state index is -0.761. The average Bonchev–Trinajstić information content (AvgIpc) is 2.48. The Hall–Kier alpha value is -2.75. The zero-order valence-corrected chi connectivity index (χ0v) is 16.4. The van der Waals surface area contributed by atoms with Gasteiger partial charge in [0.15, 0.2) is 0 Å². The number of carbonyl (C=O) groups excluding carboxylic acids is 2. The molecule has 1 aromatic carbocycles. The van der Waals surface area contributed by atoms with E-state index >= 15 is 0 Å². The molecule has 0 bridgehead atoms. The third kappa shape index (κ3) is 6.63. The number of hydrogen-bond acceptors (Lipinski definition) is 6. The van der Waals surface area contributed by atoms with Crippen molar-refractivity contribution in [3.63, 3.8) is 0 Å². The van der Waals surface area contributed by atoms with E-state index in [2.05, 4.69) is 0 Å². The molecule has 0 fully saturated rings. The van der Waals surface area contributed by atoms with Crippen LogP contribution in [0.5, 0.6) is 5.75 Å². The van der Waals surface area contributed by atoms with Gasteiger partial charge in [-0.1, -0.05) is 0 Å². The molecule has 1 amide bonds. The molecule has 26 heavy (non-hydrogen) atoms. The van der Waals surface area contributed by atoms with Gasteiger partial charge in [0, 0.05) is 0 Å². The zero-order chi connectivity index (χ0) is 20.1. The Morgan fingerprint density at radius 1 is 1.08 bits per heavy atom. The van der Waals surface area contributed by atoms with E-state index in [4.69, 9.17) is 19.5 Å². The van der Waals surface area contributed by atoms with Gasteiger partial charge in [0.25, 0.3) is 0 Å². The highest BCUT2D eigenvalue weighted by Crippen LogP contribution is 2.30. The minimum absolute atomic E-state index is 0.256. The van der Waals surface area contributed by atoms with E-state index in [-0.39, 0.29) is 12.2 Å². The van der Waals surface area contributed by atoms with Crippen LogP contribution in [0.15, 0.2) is 18.2 Å². The van der Waals surface area contributed by atoms with Crippen molar-refractivity contribution >= 4 is 17.7 Å². The molecule has 1 aromatic rings. The Morgan fingerprint density at radius 3 is 2.12 bits per heavy atom. The molecule has 7 heteroatoms. The maximum absolute atomic E-state index is 12.7. The van der Waals surface area contributed by atoms with Crippen LogP contribution in [0.4, 0.5) is 10.5 Å². The fraction of sp³-hybridized carbons (Fsp3) is 0.526. The molecule has 0 heterocycles. The average molecular weight is 362 g/mol. The summed E-state index contributed by atoms with van der Waals surface area (Å²) in [5.41, 5.74) is -0.885. The highest BCUT2D eigenvalue weighted by atomic mass is 16.6. The molecule has 0 N–H and O–H groups in total. The van der Waals surface area contributed by atoms with E-state index in [0.717, 1.165) is 4.90 Å². The second-order valence-electron chi connectivity index (χ2n) is 7.65. The van der Waals surface area contributed by atoms with Crippen molar-refractivity contribution < 1.29 is 23.8 Å². The molecule has 0 aliphatic rings. The summed E-state index contributed by atoms with van der Waals surface area (Å²) in [6.45, 7) is 9.99. The third-order valence-electron chi connectivity index (χ3n) is 2.92. The molecule has 0 saturated carbocycles. The lowest BCUT2D eigenvalue weighted by atomic mass is 10.1. The van der Waals surface area contributed by atoms with Gasteiger partial charge in [0.05, 0.1) is 24.4 Å². The molecule has 0 spiro atoms. The molecule has 0 aromatic heterocycles. The number of anilines is 1. The number of amides is 1. The van der Waals surface area contributed by atoms with Crippen molar-refractivity contribution in [3.8, 4) is 11.8 Å². The maximum atomic E-state index is 12.7. The van der Waals surface area contributed by atoms with Crippen LogP contribution >= 0.6 is 0 Å². The van der Waals surface area contributed by atoms with Crippen molar-refractivity contribution in [1.82, 2.24) is 0 Å². The molecule has 0 unspecified atom stereocenters. The van der Waals surface area contributed by atoms with Gasteiger partial charge in [0.2, 0.25) is 0 Å². The predicted octanol–water partition coefficient (Wildman–Crippen LogP) is 3.65. The second kappa shape index (κ2) is 8.09. The molecule has 0 aliphatic heterocycles. The predicted molar refractivity (Wildman–Crippen MR) is 97.1 cm³/mol. The molecule has 0 radical (unpaired) electrons. The molecule has 0 saturated heterocycles. The van der Waals surface area contributed by atoms with E-state index in [1.54, 1.807) is 53.7 Å². The first-order valence-electron chi connectivity index (χ1n) is 8.17. The summed E-state index contributed by atoms with van der Waals surface area (Å²) in [4.78, 5) is 26.1. The van der Waals surface area contributed by atoms with Crippen molar-refractivity contribution in [3.05, 3.63) is 23.8 Å². The van der Waals surface area contributed by atoms with E-state index < -0.39 is 23.3 Å². The van der Waals surface area contributed by atoms with Crippen LogP contribution in [0.1, 0.15) is 47.1 Å². The third-order valence-corrected chi connectivity index (χ3v) is 2.92. The molecule has 142 valence electrons. The van der Waals surface area contributed by atoms with Gasteiger partial charge in [-0.05, 0) is 59.7 Å². The van der Waals surface area contributed by atoms with Gasteiger partial charge in [-0.15, -0.1) is 0 Å². The van der Waals surface area contributed by atoms with E-state index in [0.29, 0.717) is 11.3 Å². The summed E-state index contributed by atoms with van der Waals surface area (Å²) in [6, 6.07) is 6.58. The summed E-state index contributed by atoms with van der Waals surface area (Å²) in [5.74, 6) is -0.272. The van der Waals surface area contributed by atoms with Crippen molar-refractivity contribution in [2.24, 2.45) is 0 Å². The number of ether oxygens (including phenoxy) is 3. The Morgan fingerprint density at radius 2 is 1.65 bits per heavy atom. The number of carbonyl (C=O) groups is 2. The van der Waals surface area contributed by atoms with Crippen LogP contribution < -0.4 is 9.64 Å². The fourth-order valence-electron chi connectivity index (χ4n) is 2.04. The van der Waals surface area contributed by atoms with Crippen LogP contribution in [-0.4, -0.2) is 36.9 Å². The summed E-state index contributed by atoms with van der Waals surface area (Å²) in [6.07, 6.45) is -0.739. The van der Waals surface area contributed by atoms with Crippen LogP contribution in [-0.2, 0) is 14.3 Å². The van der Waals surface area contributed by atoms with E-state index in [9.17, 15) is 9.59 Å². The number of esters is 1. The highest BCUT2D eigenvalue weighted by Gasteiger charge is 2.29. The van der Waals surface area contributed by atoms with Gasteiger partial charge in [-0.3, -0.25) is 9.69 Å². The fourth-order valence-corrected chi connectivity index (χ4v) is 2.04. The second-order valence-corrected chi connectivity index (χ2v) is 7.65. The highest BCUT2D eigenvalue weighted by molar-refractivity contribution is 5.95. The van der Waals surface area contributed by atoms with Crippen LogP contribution in [0.3, 0.4) is 0 Å². The number of hydrogen-bond donors (Lipinski definition) is 0. The topological polar surface area (TPSA) is 88.9 Å². The number of nitriles is 1. The molecule has 7 nitrogen and oxygen atoms in total. The molecule has 1 rings (SSSR count). The smallest absolute Gasteiger partial charge is 0.415 e. The number of methoxy groups -OCH3 is 1. The van der Waals surface area contributed by atoms with Gasteiger partial charge in [-0.2, -0.15) is 5.26 Å². The summed E-state index contributed by atoms with van der Waals surface area (Å²) < 4.78 is 16.0. The Labute approximate surface area is 154 Å². The summed E-state index contributed by atoms with van der Waals surface area (Å²) in [7, 11) is 1.44. The van der Waals surface area contributed by atoms with Gasteiger partial charge in [0.1, 0.15) is 23.5 Å². The lowest BCUT2D eigenvalue weighted by Gasteiger charge is -2.29. The largest absolute Gasteiger partial charge is 0.495 e. The number of nitrogens with zero attached hydrogens (tertiary/aromatic N) is 2. The number of benzene rings is 1. The van der Waals surface area contributed by atoms with Crippen LogP contribution in [0.2, 0.25) is 0 Å². The lowest BCUT2D eigenvalue weighted by Crippen LogP contribution is -2.42. The molecular formula is C19H26N2O5. The van der Waals surface area contributed by atoms with Gasteiger partial charge in [-0.25, -0.2) is 4.79 Å². The molecular weight excluding hydrogens is 336 g/mol. The Balaban J connectivity index is 3.30. The zero-order valence-electron chi connectivity index (χ0n) is 16.4. The van der Waals surface area contributed by atoms with Gasteiger partial charge < -0.3 is 14.2 Å². The monoisotopic (exact) mass is 362 g/mol. The van der Waals surface area contributed by atoms with Crippen molar-refractivity contribution in [1.29, 1.82) is 5.26 Å². The molecule has 0 aliphatic carbocycles. The van der Waals surface area contributed by atoms with Crippen LogP contribution in [0.25, 0.3) is 0 Å². The van der Waals surface area contributed by atoms with E-state index in [1.807, 2.05) is 6.07 Å². The minimum Gasteiger partial charge on any atom is -0.495 e. The lowest BCUT2D eigenvalue weighted by molar-refractivity contribution is -0.153. The van der Waals surface area contributed by atoms with Crippen molar-refractivity contribution in [2.45, 2.75) is 52.7 Å². The summed E-state index contributed by atoms with van der Waals surface area (Å²) in [5, 5.41) is 9.15. The van der Waals surface area contributed by atoms with Crippen molar-refractivity contribution in [2.75, 3.05) is 18.6 Å². The Bertz CT molecular complexity index is 708. The first-order chi connectivity index (χ1) is 11.9.